The maximum absolute atomic E-state index is 13.9. The van der Waals surface area contributed by atoms with E-state index in [4.69, 9.17) is 0 Å². The Balaban J connectivity index is 2.13. The number of hydrogen-bond donors (Lipinski definition) is 0. The van der Waals surface area contributed by atoms with Crippen LogP contribution in [-0.4, -0.2) is 44.3 Å². The van der Waals surface area contributed by atoms with E-state index in [1.165, 1.54) is 14.1 Å². The normalized spacial score (nSPS) is 16.9. The summed E-state index contributed by atoms with van der Waals surface area (Å²) in [6.45, 7) is -0.501. The van der Waals surface area contributed by atoms with Crippen molar-refractivity contribution in [2.45, 2.75) is 12.5 Å². The Kier molecular flexibility index (Phi) is 4.52. The SMILES string of the molecule is CN1N=CC(c2nn(C)c(=O)n(Cc3ccc(F)cc3F)c2=O)C(=O)C1=O. The number of halogens is 2. The van der Waals surface area contributed by atoms with E-state index in [1.54, 1.807) is 0 Å². The van der Waals surface area contributed by atoms with Crippen LogP contribution in [0.4, 0.5) is 8.78 Å². The number of likely N-dealkylation sites (N-methyl/N-ethyl adjacent to an activating group) is 1. The molecule has 140 valence electrons. The highest BCUT2D eigenvalue weighted by atomic mass is 19.1. The topological polar surface area (TPSA) is 107 Å². The van der Waals surface area contributed by atoms with Crippen LogP contribution in [0.3, 0.4) is 0 Å². The molecule has 0 fully saturated rings. The van der Waals surface area contributed by atoms with Crippen LogP contribution >= 0.6 is 0 Å². The molecule has 1 amide bonds. The molecule has 1 unspecified atom stereocenters. The molecule has 1 aromatic carbocycles. The van der Waals surface area contributed by atoms with Crippen LogP contribution in [0, 0.1) is 11.6 Å². The molecule has 0 N–H and O–H groups in total. The zero-order valence-electron chi connectivity index (χ0n) is 14.2. The Morgan fingerprint density at radius 2 is 1.81 bits per heavy atom. The van der Waals surface area contributed by atoms with Crippen LogP contribution in [0.1, 0.15) is 17.2 Å². The fourth-order valence-corrected chi connectivity index (χ4v) is 2.58. The molecule has 1 aliphatic rings. The number of aromatic nitrogens is 3. The Bertz CT molecular complexity index is 1100. The Morgan fingerprint density at radius 3 is 2.48 bits per heavy atom. The summed E-state index contributed by atoms with van der Waals surface area (Å²) in [7, 11) is 2.51. The van der Waals surface area contributed by atoms with E-state index in [2.05, 4.69) is 10.2 Å². The lowest BCUT2D eigenvalue weighted by molar-refractivity contribution is -0.144. The van der Waals surface area contributed by atoms with Crippen LogP contribution in [0.2, 0.25) is 0 Å². The summed E-state index contributed by atoms with van der Waals surface area (Å²) in [5, 5.41) is 8.30. The van der Waals surface area contributed by atoms with Gasteiger partial charge in [0.1, 0.15) is 23.2 Å². The van der Waals surface area contributed by atoms with Gasteiger partial charge >= 0.3 is 11.6 Å². The summed E-state index contributed by atoms with van der Waals surface area (Å²) in [4.78, 5) is 49.0. The van der Waals surface area contributed by atoms with Crippen LogP contribution < -0.4 is 11.2 Å². The van der Waals surface area contributed by atoms with Gasteiger partial charge in [-0.3, -0.25) is 19.0 Å². The van der Waals surface area contributed by atoms with Crippen LogP contribution in [0.15, 0.2) is 32.9 Å². The molecule has 3 rings (SSSR count). The molecular formula is C16H13F2N5O4. The first kappa shape index (κ1) is 18.3. The van der Waals surface area contributed by atoms with E-state index in [-0.39, 0.29) is 5.56 Å². The van der Waals surface area contributed by atoms with Crippen LogP contribution in [-0.2, 0) is 23.2 Å². The molecule has 0 saturated carbocycles. The number of carbonyl (C=O) groups excluding carboxylic acids is 2. The molecule has 1 aliphatic heterocycles. The highest BCUT2D eigenvalue weighted by Crippen LogP contribution is 2.15. The van der Waals surface area contributed by atoms with Crippen molar-refractivity contribution in [1.82, 2.24) is 19.4 Å². The predicted molar refractivity (Wildman–Crippen MR) is 88.2 cm³/mol. The second-order valence-electron chi connectivity index (χ2n) is 5.85. The molecule has 1 atom stereocenters. The van der Waals surface area contributed by atoms with E-state index < -0.39 is 52.7 Å². The van der Waals surface area contributed by atoms with Gasteiger partial charge in [-0.05, 0) is 6.07 Å². The summed E-state index contributed by atoms with van der Waals surface area (Å²) in [5.41, 5.74) is -2.33. The highest BCUT2D eigenvalue weighted by molar-refractivity contribution is 6.42. The van der Waals surface area contributed by atoms with Crippen molar-refractivity contribution in [2.24, 2.45) is 12.1 Å². The van der Waals surface area contributed by atoms with Gasteiger partial charge in [0.05, 0.1) is 6.54 Å². The second-order valence-corrected chi connectivity index (χ2v) is 5.85. The first-order valence-corrected chi connectivity index (χ1v) is 7.68. The van der Waals surface area contributed by atoms with Gasteiger partial charge in [-0.2, -0.15) is 10.2 Å². The maximum Gasteiger partial charge on any atom is 0.347 e. The van der Waals surface area contributed by atoms with Crippen molar-refractivity contribution in [3.05, 3.63) is 61.9 Å². The zero-order chi connectivity index (χ0) is 19.9. The number of carbonyl (C=O) groups is 2. The third-order valence-electron chi connectivity index (χ3n) is 4.04. The summed E-state index contributed by atoms with van der Waals surface area (Å²) >= 11 is 0. The van der Waals surface area contributed by atoms with Gasteiger partial charge in [-0.1, -0.05) is 6.07 Å². The summed E-state index contributed by atoms with van der Waals surface area (Å²) in [6.07, 6.45) is 1.07. The molecule has 1 aromatic heterocycles. The van der Waals surface area contributed by atoms with Crippen LogP contribution in [0.5, 0.6) is 0 Å². The number of Topliss-reactive ketones (excluding diaryl/α,β-unsaturated/α-hetero) is 1. The smallest absolute Gasteiger partial charge is 0.287 e. The lowest BCUT2D eigenvalue weighted by Crippen LogP contribution is -2.47. The van der Waals surface area contributed by atoms with E-state index in [0.717, 1.165) is 28.0 Å². The quantitative estimate of drug-likeness (QED) is 0.663. The summed E-state index contributed by atoms with van der Waals surface area (Å²) < 4.78 is 28.4. The number of ketones is 1. The number of amides is 1. The van der Waals surface area contributed by atoms with E-state index in [1.807, 2.05) is 0 Å². The predicted octanol–water partition coefficient (Wildman–Crippen LogP) is -0.621. The van der Waals surface area contributed by atoms with Gasteiger partial charge in [-0.15, -0.1) is 0 Å². The largest absolute Gasteiger partial charge is 0.347 e. The first-order valence-electron chi connectivity index (χ1n) is 7.68. The number of rotatable bonds is 3. The fraction of sp³-hybridized carbons (Fsp3) is 0.250. The minimum atomic E-state index is -1.36. The van der Waals surface area contributed by atoms with Crippen LogP contribution in [0.25, 0.3) is 0 Å². The third kappa shape index (κ3) is 3.18. The number of benzene rings is 1. The van der Waals surface area contributed by atoms with E-state index in [0.29, 0.717) is 10.6 Å². The lowest BCUT2D eigenvalue weighted by Gasteiger charge is -2.20. The van der Waals surface area contributed by atoms with Crippen molar-refractivity contribution >= 4 is 17.9 Å². The Labute approximate surface area is 150 Å². The van der Waals surface area contributed by atoms with Gasteiger partial charge in [-0.25, -0.2) is 23.3 Å². The fourth-order valence-electron chi connectivity index (χ4n) is 2.58. The van der Waals surface area contributed by atoms with Crippen molar-refractivity contribution < 1.29 is 18.4 Å². The van der Waals surface area contributed by atoms with Crippen molar-refractivity contribution in [1.29, 1.82) is 0 Å². The lowest BCUT2D eigenvalue weighted by atomic mass is 10.00. The first-order chi connectivity index (χ1) is 12.7. The molecule has 0 bridgehead atoms. The highest BCUT2D eigenvalue weighted by Gasteiger charge is 2.35. The van der Waals surface area contributed by atoms with Gasteiger partial charge < -0.3 is 0 Å². The molecule has 11 heteroatoms. The number of aryl methyl sites for hydroxylation is 1. The number of hydrogen-bond acceptors (Lipinski definition) is 6. The summed E-state index contributed by atoms with van der Waals surface area (Å²) in [5.74, 6) is -4.98. The van der Waals surface area contributed by atoms with Gasteiger partial charge in [0.25, 0.3) is 5.56 Å². The Morgan fingerprint density at radius 1 is 1.11 bits per heavy atom. The molecule has 2 aromatic rings. The van der Waals surface area contributed by atoms with Gasteiger partial charge in [0.15, 0.2) is 0 Å². The molecule has 9 nitrogen and oxygen atoms in total. The van der Waals surface area contributed by atoms with Gasteiger partial charge in [0, 0.05) is 31.9 Å². The maximum atomic E-state index is 13.9. The Hall–Kier alpha value is -3.50. The number of hydrazone groups is 1. The van der Waals surface area contributed by atoms with E-state index >= 15 is 0 Å². The molecule has 2 heterocycles. The van der Waals surface area contributed by atoms with Crippen molar-refractivity contribution in [3.63, 3.8) is 0 Å². The summed E-state index contributed by atoms with van der Waals surface area (Å²) in [6, 6.07) is 2.71. The van der Waals surface area contributed by atoms with Gasteiger partial charge in [0.2, 0.25) is 5.78 Å². The molecule has 0 saturated heterocycles. The van der Waals surface area contributed by atoms with Crippen molar-refractivity contribution in [2.75, 3.05) is 7.05 Å². The van der Waals surface area contributed by atoms with Crippen molar-refractivity contribution in [3.8, 4) is 0 Å². The number of nitrogens with zero attached hydrogens (tertiary/aromatic N) is 5. The molecule has 0 spiro atoms. The standard InChI is InChI=1S/C16H13F2N5O4/c1-21-15(26)13(24)10(6-19-21)12-14(25)23(16(27)22(2)20-12)7-8-3-4-9(17)5-11(8)18/h3-6,10H,7H2,1-2H3. The molecule has 0 aliphatic carbocycles. The minimum Gasteiger partial charge on any atom is -0.287 e. The second kappa shape index (κ2) is 6.67. The molecule has 27 heavy (non-hydrogen) atoms. The average Bonchev–Trinajstić information content (AvgIpc) is 2.62. The monoisotopic (exact) mass is 377 g/mol. The zero-order valence-corrected chi connectivity index (χ0v) is 14.2. The molecule has 0 radical (unpaired) electrons. The average molecular weight is 377 g/mol. The minimum absolute atomic E-state index is 0.104. The third-order valence-corrected chi connectivity index (χ3v) is 4.04. The van der Waals surface area contributed by atoms with E-state index in [9.17, 15) is 28.0 Å². The molecular weight excluding hydrogens is 364 g/mol.